The number of carbonyl (C=O) groups excluding carboxylic acids is 3. The lowest BCUT2D eigenvalue weighted by Crippen LogP contribution is -2.56. The number of thiophene rings is 1. The molecule has 40 heavy (non-hydrogen) atoms. The number of nitriles is 1. The molecule has 0 spiro atoms. The standard InChI is InChI=1S/C31H34N4O4S/c1-31(2,3)39-30(38)34-27(26(21-11-6-4-7-12-21)22-13-8-5-9-14-22)29(37)35-18-10-15-25(35)28(36)33-20-24-17-16-23(19-32)40-24/h4-9,11-14,16-17,25-27H,10,15,18,20H2,1-3H3,(H,33,36)(H,34,38). The third-order valence-electron chi connectivity index (χ3n) is 6.64. The van der Waals surface area contributed by atoms with E-state index in [0.29, 0.717) is 24.3 Å². The number of hydrogen-bond acceptors (Lipinski definition) is 6. The van der Waals surface area contributed by atoms with Gasteiger partial charge in [0.1, 0.15) is 28.6 Å². The second kappa shape index (κ2) is 12.8. The van der Waals surface area contributed by atoms with Gasteiger partial charge in [0.2, 0.25) is 11.8 Å². The molecule has 2 heterocycles. The molecule has 0 bridgehead atoms. The van der Waals surface area contributed by atoms with Crippen LogP contribution in [0.3, 0.4) is 0 Å². The Labute approximate surface area is 239 Å². The van der Waals surface area contributed by atoms with Crippen molar-refractivity contribution in [2.75, 3.05) is 6.54 Å². The van der Waals surface area contributed by atoms with Crippen molar-refractivity contribution in [3.8, 4) is 6.07 Å². The third kappa shape index (κ3) is 7.27. The topological polar surface area (TPSA) is 112 Å². The summed E-state index contributed by atoms with van der Waals surface area (Å²) in [6.45, 7) is 5.98. The maximum Gasteiger partial charge on any atom is 0.408 e. The summed E-state index contributed by atoms with van der Waals surface area (Å²) in [4.78, 5) is 43.6. The molecule has 0 radical (unpaired) electrons. The predicted molar refractivity (Wildman–Crippen MR) is 154 cm³/mol. The number of alkyl carbamates (subject to hydrolysis) is 1. The van der Waals surface area contributed by atoms with Crippen molar-refractivity contribution < 1.29 is 19.1 Å². The molecule has 208 valence electrons. The minimum atomic E-state index is -1.01. The van der Waals surface area contributed by atoms with Crippen molar-refractivity contribution in [2.24, 2.45) is 0 Å². The number of hydrogen-bond donors (Lipinski definition) is 2. The molecule has 3 amide bonds. The van der Waals surface area contributed by atoms with Gasteiger partial charge in [0.25, 0.3) is 0 Å². The maximum absolute atomic E-state index is 14.3. The average molecular weight is 559 g/mol. The second-order valence-corrected chi connectivity index (χ2v) is 11.9. The first-order valence-electron chi connectivity index (χ1n) is 13.3. The van der Waals surface area contributed by atoms with Crippen LogP contribution in [0.2, 0.25) is 0 Å². The Kier molecular flexibility index (Phi) is 9.22. The van der Waals surface area contributed by atoms with Gasteiger partial charge in [-0.1, -0.05) is 60.7 Å². The molecule has 1 aliphatic heterocycles. The Morgan fingerprint density at radius 3 is 2.20 bits per heavy atom. The predicted octanol–water partition coefficient (Wildman–Crippen LogP) is 4.95. The van der Waals surface area contributed by atoms with Crippen molar-refractivity contribution in [1.29, 1.82) is 5.26 Å². The normalized spacial score (nSPS) is 15.8. The second-order valence-electron chi connectivity index (χ2n) is 10.7. The molecular formula is C31H34N4O4S. The van der Waals surface area contributed by atoms with E-state index in [1.807, 2.05) is 66.7 Å². The fourth-order valence-corrected chi connectivity index (χ4v) is 5.67. The molecule has 4 rings (SSSR count). The highest BCUT2D eigenvalue weighted by Gasteiger charge is 2.42. The lowest BCUT2D eigenvalue weighted by Gasteiger charge is -2.34. The summed E-state index contributed by atoms with van der Waals surface area (Å²) in [7, 11) is 0. The summed E-state index contributed by atoms with van der Waals surface area (Å²) < 4.78 is 5.55. The largest absolute Gasteiger partial charge is 0.444 e. The van der Waals surface area contributed by atoms with Crippen molar-refractivity contribution >= 4 is 29.2 Å². The summed E-state index contributed by atoms with van der Waals surface area (Å²) in [5.74, 6) is -1.11. The quantitative estimate of drug-likeness (QED) is 0.406. The number of nitrogens with one attached hydrogen (secondary N) is 2. The number of benzene rings is 2. The zero-order chi connectivity index (χ0) is 28.7. The molecule has 1 fully saturated rings. The van der Waals surface area contributed by atoms with Crippen LogP contribution >= 0.6 is 11.3 Å². The van der Waals surface area contributed by atoms with Crippen molar-refractivity contribution in [1.82, 2.24) is 15.5 Å². The Hall–Kier alpha value is -4.16. The number of carbonyl (C=O) groups is 3. The van der Waals surface area contributed by atoms with Gasteiger partial charge in [0, 0.05) is 17.3 Å². The molecule has 8 nitrogen and oxygen atoms in total. The van der Waals surface area contributed by atoms with Crippen LogP contribution in [-0.4, -0.2) is 47.0 Å². The van der Waals surface area contributed by atoms with Crippen LogP contribution < -0.4 is 10.6 Å². The van der Waals surface area contributed by atoms with Gasteiger partial charge in [-0.15, -0.1) is 11.3 Å². The average Bonchev–Trinajstić information content (AvgIpc) is 3.61. The Bertz CT molecular complexity index is 1320. The number of rotatable bonds is 8. The Balaban J connectivity index is 1.63. The fraction of sp³-hybridized carbons (Fsp3) is 0.355. The molecule has 2 unspecified atom stereocenters. The van der Waals surface area contributed by atoms with Crippen LogP contribution in [0.1, 0.15) is 60.4 Å². The van der Waals surface area contributed by atoms with Crippen LogP contribution in [-0.2, 0) is 20.9 Å². The molecule has 3 aromatic rings. The van der Waals surface area contributed by atoms with Crippen molar-refractivity contribution in [3.05, 3.63) is 93.7 Å². The molecule has 2 atom stereocenters. The van der Waals surface area contributed by atoms with E-state index >= 15 is 0 Å². The highest BCUT2D eigenvalue weighted by atomic mass is 32.1. The summed E-state index contributed by atoms with van der Waals surface area (Å²) >= 11 is 1.32. The molecule has 9 heteroatoms. The summed E-state index contributed by atoms with van der Waals surface area (Å²) in [6.07, 6.45) is 0.488. The van der Waals surface area contributed by atoms with Crippen molar-refractivity contribution in [3.63, 3.8) is 0 Å². The van der Waals surface area contributed by atoms with E-state index < -0.39 is 29.7 Å². The van der Waals surface area contributed by atoms with Gasteiger partial charge in [0.15, 0.2) is 0 Å². The third-order valence-corrected chi connectivity index (χ3v) is 7.63. The Morgan fingerprint density at radius 1 is 1.02 bits per heavy atom. The number of ether oxygens (including phenoxy) is 1. The zero-order valence-electron chi connectivity index (χ0n) is 22.9. The van der Waals surface area contributed by atoms with Gasteiger partial charge in [-0.3, -0.25) is 9.59 Å². The van der Waals surface area contributed by atoms with E-state index in [4.69, 9.17) is 10.00 Å². The van der Waals surface area contributed by atoms with Gasteiger partial charge in [0.05, 0.1) is 6.54 Å². The molecule has 1 aromatic heterocycles. The van der Waals surface area contributed by atoms with Gasteiger partial charge >= 0.3 is 6.09 Å². The van der Waals surface area contributed by atoms with E-state index in [0.717, 1.165) is 16.0 Å². The first-order chi connectivity index (χ1) is 19.2. The number of amides is 3. The highest BCUT2D eigenvalue weighted by molar-refractivity contribution is 7.12. The first kappa shape index (κ1) is 28.8. The Morgan fingerprint density at radius 2 is 1.65 bits per heavy atom. The number of likely N-dealkylation sites (tertiary alicyclic amines) is 1. The molecule has 2 N–H and O–H groups in total. The zero-order valence-corrected chi connectivity index (χ0v) is 23.7. The maximum atomic E-state index is 14.3. The highest BCUT2D eigenvalue weighted by Crippen LogP contribution is 2.31. The summed E-state index contributed by atoms with van der Waals surface area (Å²) in [5, 5.41) is 14.9. The van der Waals surface area contributed by atoms with Crippen LogP contribution in [0.15, 0.2) is 72.8 Å². The monoisotopic (exact) mass is 558 g/mol. The first-order valence-corrected chi connectivity index (χ1v) is 14.1. The molecule has 1 saturated heterocycles. The SMILES string of the molecule is CC(C)(C)OC(=O)NC(C(=O)N1CCCC1C(=O)NCc1ccc(C#N)s1)C(c1ccccc1)c1ccccc1. The van der Waals surface area contributed by atoms with Crippen LogP contribution in [0, 0.1) is 11.3 Å². The minimum absolute atomic E-state index is 0.259. The van der Waals surface area contributed by atoms with E-state index in [-0.39, 0.29) is 18.4 Å². The van der Waals surface area contributed by atoms with Crippen LogP contribution in [0.5, 0.6) is 0 Å². The van der Waals surface area contributed by atoms with Gasteiger partial charge in [-0.2, -0.15) is 5.26 Å². The van der Waals surface area contributed by atoms with Gasteiger partial charge in [-0.25, -0.2) is 4.79 Å². The van der Waals surface area contributed by atoms with Crippen LogP contribution in [0.4, 0.5) is 4.79 Å². The van der Waals surface area contributed by atoms with E-state index in [1.165, 1.54) is 11.3 Å². The van der Waals surface area contributed by atoms with E-state index in [1.54, 1.807) is 31.7 Å². The fourth-order valence-electron chi connectivity index (χ4n) is 4.93. The minimum Gasteiger partial charge on any atom is -0.444 e. The summed E-state index contributed by atoms with van der Waals surface area (Å²) in [6, 6.07) is 23.1. The number of nitrogens with zero attached hydrogens (tertiary/aromatic N) is 2. The van der Waals surface area contributed by atoms with Crippen molar-refractivity contribution in [2.45, 2.75) is 63.8 Å². The van der Waals surface area contributed by atoms with Gasteiger partial charge < -0.3 is 20.3 Å². The molecule has 1 aliphatic rings. The lowest BCUT2D eigenvalue weighted by atomic mass is 9.84. The molecule has 2 aromatic carbocycles. The van der Waals surface area contributed by atoms with E-state index in [2.05, 4.69) is 16.7 Å². The molecule has 0 saturated carbocycles. The van der Waals surface area contributed by atoms with Gasteiger partial charge in [-0.05, 0) is 56.9 Å². The molecular weight excluding hydrogens is 524 g/mol. The van der Waals surface area contributed by atoms with E-state index in [9.17, 15) is 14.4 Å². The summed E-state index contributed by atoms with van der Waals surface area (Å²) in [5.41, 5.74) is 0.958. The smallest absolute Gasteiger partial charge is 0.408 e. The lowest BCUT2D eigenvalue weighted by molar-refractivity contribution is -0.140. The van der Waals surface area contributed by atoms with Crippen LogP contribution in [0.25, 0.3) is 0 Å². The molecule has 0 aliphatic carbocycles.